The average Bonchev–Trinajstić information content (AvgIpc) is 2.28. The summed E-state index contributed by atoms with van der Waals surface area (Å²) in [5.74, 6) is 1.29. The van der Waals surface area contributed by atoms with E-state index >= 15 is 0 Å². The van der Waals surface area contributed by atoms with E-state index in [2.05, 4.69) is 6.07 Å². The van der Waals surface area contributed by atoms with Gasteiger partial charge in [-0.1, -0.05) is 0 Å². The van der Waals surface area contributed by atoms with Gasteiger partial charge < -0.3 is 9.64 Å². The van der Waals surface area contributed by atoms with Gasteiger partial charge in [0.2, 0.25) is 0 Å². The van der Waals surface area contributed by atoms with Gasteiger partial charge in [0.15, 0.2) is 0 Å². The van der Waals surface area contributed by atoms with Crippen molar-refractivity contribution in [2.75, 3.05) is 7.11 Å². The van der Waals surface area contributed by atoms with Gasteiger partial charge in [-0.25, -0.2) is 4.79 Å². The molecule has 4 aliphatic rings. The van der Waals surface area contributed by atoms with Gasteiger partial charge in [-0.05, 0) is 37.5 Å². The number of amides is 1. The first kappa shape index (κ1) is 9.95. The molecule has 2 aliphatic heterocycles. The van der Waals surface area contributed by atoms with E-state index in [1.54, 1.807) is 0 Å². The summed E-state index contributed by atoms with van der Waals surface area (Å²) in [7, 11) is 1.43. The zero-order chi connectivity index (χ0) is 11.3. The summed E-state index contributed by atoms with van der Waals surface area (Å²) in [6.45, 7) is 0. The van der Waals surface area contributed by atoms with Crippen LogP contribution < -0.4 is 0 Å². The molecular weight excluding hydrogens is 204 g/mol. The van der Waals surface area contributed by atoms with E-state index in [-0.39, 0.29) is 18.1 Å². The molecule has 4 rings (SSSR count). The topological polar surface area (TPSA) is 53.3 Å². The van der Waals surface area contributed by atoms with Crippen LogP contribution in [0.15, 0.2) is 0 Å². The quantitative estimate of drug-likeness (QED) is 0.625. The summed E-state index contributed by atoms with van der Waals surface area (Å²) in [4.78, 5) is 13.6. The van der Waals surface area contributed by atoms with Gasteiger partial charge in [0, 0.05) is 6.04 Å². The number of hydrogen-bond acceptors (Lipinski definition) is 3. The van der Waals surface area contributed by atoms with Crippen LogP contribution in [0.2, 0.25) is 0 Å². The van der Waals surface area contributed by atoms with E-state index < -0.39 is 0 Å². The maximum Gasteiger partial charge on any atom is 0.410 e. The molecule has 2 aliphatic carbocycles. The van der Waals surface area contributed by atoms with Gasteiger partial charge in [0.05, 0.1) is 25.1 Å². The van der Waals surface area contributed by atoms with Crippen LogP contribution in [0.4, 0.5) is 4.79 Å². The van der Waals surface area contributed by atoms with Gasteiger partial charge in [0.1, 0.15) is 0 Å². The molecule has 16 heavy (non-hydrogen) atoms. The molecule has 0 aromatic heterocycles. The highest BCUT2D eigenvalue weighted by Gasteiger charge is 2.54. The number of piperidine rings is 2. The van der Waals surface area contributed by atoms with Crippen LogP contribution in [0.1, 0.15) is 25.7 Å². The zero-order valence-electron chi connectivity index (χ0n) is 9.43. The van der Waals surface area contributed by atoms with Crippen molar-refractivity contribution in [2.24, 2.45) is 17.8 Å². The average molecular weight is 220 g/mol. The second-order valence-electron chi connectivity index (χ2n) is 5.32. The largest absolute Gasteiger partial charge is 0.453 e. The molecule has 4 heteroatoms. The first-order chi connectivity index (χ1) is 7.74. The van der Waals surface area contributed by atoms with E-state index in [9.17, 15) is 10.1 Å². The second kappa shape index (κ2) is 3.38. The summed E-state index contributed by atoms with van der Waals surface area (Å²) in [6.07, 6.45) is 4.07. The molecule has 4 fully saturated rings. The predicted molar refractivity (Wildman–Crippen MR) is 56.4 cm³/mol. The molecule has 0 spiro atoms. The van der Waals surface area contributed by atoms with E-state index in [1.807, 2.05) is 4.90 Å². The van der Waals surface area contributed by atoms with Crippen LogP contribution >= 0.6 is 0 Å². The van der Waals surface area contributed by atoms with Crippen LogP contribution in [-0.4, -0.2) is 30.2 Å². The lowest BCUT2D eigenvalue weighted by Gasteiger charge is -2.57. The fourth-order valence-electron chi connectivity index (χ4n) is 4.10. The Morgan fingerprint density at radius 3 is 2.88 bits per heavy atom. The molecule has 5 unspecified atom stereocenters. The first-order valence-corrected chi connectivity index (χ1v) is 6.00. The van der Waals surface area contributed by atoms with Crippen LogP contribution in [0.3, 0.4) is 0 Å². The zero-order valence-corrected chi connectivity index (χ0v) is 9.43. The normalized spacial score (nSPS) is 44.2. The van der Waals surface area contributed by atoms with Gasteiger partial charge in [-0.2, -0.15) is 5.26 Å². The fourth-order valence-corrected chi connectivity index (χ4v) is 4.10. The minimum absolute atomic E-state index is 0.0342. The van der Waals surface area contributed by atoms with E-state index in [4.69, 9.17) is 4.74 Å². The number of nitrogens with zero attached hydrogens (tertiary/aromatic N) is 2. The third-order valence-corrected chi connectivity index (χ3v) is 4.60. The summed E-state index contributed by atoms with van der Waals surface area (Å²) in [5, 5.41) is 9.24. The summed E-state index contributed by atoms with van der Waals surface area (Å²) in [6, 6.07) is 2.86. The monoisotopic (exact) mass is 220 g/mol. The Morgan fingerprint density at radius 2 is 2.19 bits per heavy atom. The van der Waals surface area contributed by atoms with Crippen LogP contribution in [0.5, 0.6) is 0 Å². The molecule has 5 atom stereocenters. The summed E-state index contributed by atoms with van der Waals surface area (Å²) in [5.41, 5.74) is 0. The number of methoxy groups -OCH3 is 1. The number of nitriles is 1. The molecular formula is C12H16N2O2. The molecule has 0 radical (unpaired) electrons. The number of rotatable bonds is 0. The molecule has 4 nitrogen and oxygen atoms in total. The maximum atomic E-state index is 11.8. The number of carbonyl (C=O) groups is 1. The number of carbonyl (C=O) groups excluding carboxylic acids is 1. The van der Waals surface area contributed by atoms with E-state index in [0.29, 0.717) is 12.0 Å². The Kier molecular flexibility index (Phi) is 2.10. The van der Waals surface area contributed by atoms with E-state index in [0.717, 1.165) is 25.2 Å². The molecule has 2 saturated heterocycles. The van der Waals surface area contributed by atoms with Crippen molar-refractivity contribution in [2.45, 2.75) is 37.8 Å². The Morgan fingerprint density at radius 1 is 1.38 bits per heavy atom. The van der Waals surface area contributed by atoms with Crippen LogP contribution in [-0.2, 0) is 4.74 Å². The van der Waals surface area contributed by atoms with Crippen molar-refractivity contribution < 1.29 is 9.53 Å². The third-order valence-electron chi connectivity index (χ3n) is 4.60. The highest BCUT2D eigenvalue weighted by molar-refractivity contribution is 5.69. The van der Waals surface area contributed by atoms with Crippen molar-refractivity contribution in [3.63, 3.8) is 0 Å². The van der Waals surface area contributed by atoms with Crippen molar-refractivity contribution in [1.82, 2.24) is 4.90 Å². The molecule has 86 valence electrons. The molecule has 2 heterocycles. The lowest BCUT2D eigenvalue weighted by atomic mass is 9.59. The number of ether oxygens (including phenoxy) is 1. The van der Waals surface area contributed by atoms with Crippen molar-refractivity contribution in [1.29, 1.82) is 5.26 Å². The van der Waals surface area contributed by atoms with Crippen molar-refractivity contribution >= 4 is 6.09 Å². The molecule has 1 amide bonds. The minimum atomic E-state index is -0.242. The smallest absolute Gasteiger partial charge is 0.410 e. The Labute approximate surface area is 95.2 Å². The number of hydrogen-bond donors (Lipinski definition) is 0. The summed E-state index contributed by atoms with van der Waals surface area (Å²) < 4.78 is 4.85. The highest BCUT2D eigenvalue weighted by atomic mass is 16.5. The summed E-state index contributed by atoms with van der Waals surface area (Å²) >= 11 is 0. The van der Waals surface area contributed by atoms with E-state index in [1.165, 1.54) is 13.5 Å². The molecule has 4 bridgehead atoms. The van der Waals surface area contributed by atoms with Gasteiger partial charge in [0.25, 0.3) is 0 Å². The Hall–Kier alpha value is -1.24. The second-order valence-corrected chi connectivity index (χ2v) is 5.32. The molecule has 2 saturated carbocycles. The Bertz CT molecular complexity index is 363. The maximum absolute atomic E-state index is 11.8. The molecule has 0 N–H and O–H groups in total. The highest BCUT2D eigenvalue weighted by Crippen LogP contribution is 2.51. The minimum Gasteiger partial charge on any atom is -0.453 e. The Balaban J connectivity index is 1.92. The van der Waals surface area contributed by atoms with Crippen LogP contribution in [0.25, 0.3) is 0 Å². The van der Waals surface area contributed by atoms with Gasteiger partial charge >= 0.3 is 6.09 Å². The molecule has 0 aromatic rings. The van der Waals surface area contributed by atoms with Crippen molar-refractivity contribution in [3.8, 4) is 6.07 Å². The standard InChI is InChI=1S/C12H16N2O2/c1-16-12(15)14-9-3-7-2-8(5-9)10(6-13)11(14)4-7/h7-11H,2-5H2,1H3. The van der Waals surface area contributed by atoms with Crippen molar-refractivity contribution in [3.05, 3.63) is 0 Å². The third kappa shape index (κ3) is 1.17. The van der Waals surface area contributed by atoms with Gasteiger partial charge in [-0.3, -0.25) is 0 Å². The molecule has 0 aromatic carbocycles. The van der Waals surface area contributed by atoms with Crippen LogP contribution in [0, 0.1) is 29.1 Å². The SMILES string of the molecule is COC(=O)N1C2CC3CC(C2)C(C#N)C1C3. The predicted octanol–water partition coefficient (Wildman–Crippen LogP) is 1.77. The lowest BCUT2D eigenvalue weighted by Crippen LogP contribution is -2.63. The van der Waals surface area contributed by atoms with Gasteiger partial charge in [-0.15, -0.1) is 0 Å². The first-order valence-electron chi connectivity index (χ1n) is 6.00. The lowest BCUT2D eigenvalue weighted by molar-refractivity contribution is -0.0708. The fraction of sp³-hybridized carbons (Fsp3) is 0.833.